The third-order valence-corrected chi connectivity index (χ3v) is 4.31. The second kappa shape index (κ2) is 7.03. The van der Waals surface area contributed by atoms with E-state index in [2.05, 4.69) is 15.3 Å². The van der Waals surface area contributed by atoms with Crippen LogP contribution < -0.4 is 5.32 Å². The Balaban J connectivity index is 1.71. The summed E-state index contributed by atoms with van der Waals surface area (Å²) in [6, 6.07) is 8.57. The molecule has 1 unspecified atom stereocenters. The van der Waals surface area contributed by atoms with Gasteiger partial charge in [-0.25, -0.2) is 9.97 Å². The van der Waals surface area contributed by atoms with Crippen LogP contribution in [0.3, 0.4) is 0 Å². The number of benzene rings is 1. The number of rotatable bonds is 4. The maximum atomic E-state index is 12.3. The van der Waals surface area contributed by atoms with Crippen LogP contribution >= 0.6 is 23.2 Å². The van der Waals surface area contributed by atoms with E-state index in [9.17, 15) is 4.79 Å². The third kappa shape index (κ3) is 3.58. The van der Waals surface area contributed by atoms with Gasteiger partial charge in [-0.3, -0.25) is 9.36 Å². The molecule has 7 heteroatoms. The lowest BCUT2D eigenvalue weighted by Crippen LogP contribution is -2.26. The van der Waals surface area contributed by atoms with Crippen LogP contribution in [0.4, 0.5) is 0 Å². The van der Waals surface area contributed by atoms with E-state index < -0.39 is 0 Å². The number of halogens is 2. The van der Waals surface area contributed by atoms with Gasteiger partial charge in [0.05, 0.1) is 21.7 Å². The molecule has 0 aliphatic carbocycles. The molecule has 0 radical (unpaired) electrons. The molecule has 3 rings (SSSR count). The summed E-state index contributed by atoms with van der Waals surface area (Å²) in [5, 5.41) is 3.86. The molecule has 1 atom stereocenters. The Labute approximate surface area is 149 Å². The fourth-order valence-corrected chi connectivity index (χ4v) is 2.52. The van der Waals surface area contributed by atoms with E-state index in [1.165, 1.54) is 6.20 Å². The summed E-state index contributed by atoms with van der Waals surface area (Å²) < 4.78 is 1.76. The summed E-state index contributed by atoms with van der Waals surface area (Å²) >= 11 is 11.9. The zero-order valence-electron chi connectivity index (χ0n) is 12.8. The van der Waals surface area contributed by atoms with E-state index in [1.54, 1.807) is 47.6 Å². The number of hydrogen-bond acceptors (Lipinski definition) is 3. The number of imidazole rings is 1. The summed E-state index contributed by atoms with van der Waals surface area (Å²) in [6.07, 6.45) is 6.64. The molecule has 0 bridgehead atoms. The SMILES string of the molecule is CC(NC(=O)c1ccc(-n2ccnc2)nc1)c1ccc(Cl)c(Cl)c1. The second-order valence-corrected chi connectivity index (χ2v) is 6.06. The number of carbonyl (C=O) groups excluding carboxylic acids is 1. The molecule has 122 valence electrons. The fraction of sp³-hybridized carbons (Fsp3) is 0.118. The molecule has 2 aromatic heterocycles. The average molecular weight is 361 g/mol. The van der Waals surface area contributed by atoms with Gasteiger partial charge in [0, 0.05) is 18.6 Å². The monoisotopic (exact) mass is 360 g/mol. The lowest BCUT2D eigenvalue weighted by molar-refractivity contribution is 0.0939. The number of carbonyl (C=O) groups is 1. The maximum Gasteiger partial charge on any atom is 0.253 e. The molecule has 5 nitrogen and oxygen atoms in total. The predicted octanol–water partition coefficient (Wildman–Crippen LogP) is 4.07. The Bertz CT molecular complexity index is 848. The van der Waals surface area contributed by atoms with Crippen LogP contribution in [0.25, 0.3) is 5.82 Å². The summed E-state index contributed by atoms with van der Waals surface area (Å²) in [5.41, 5.74) is 1.35. The van der Waals surface area contributed by atoms with Gasteiger partial charge in [0.25, 0.3) is 5.91 Å². The van der Waals surface area contributed by atoms with Crippen molar-refractivity contribution in [2.45, 2.75) is 13.0 Å². The molecule has 1 N–H and O–H groups in total. The van der Waals surface area contributed by atoms with Crippen LogP contribution in [0.15, 0.2) is 55.2 Å². The summed E-state index contributed by atoms with van der Waals surface area (Å²) in [4.78, 5) is 20.6. The minimum absolute atomic E-state index is 0.208. The number of aromatic nitrogens is 3. The molecule has 1 amide bonds. The second-order valence-electron chi connectivity index (χ2n) is 5.24. The van der Waals surface area contributed by atoms with Gasteiger partial charge in [0.15, 0.2) is 0 Å². The van der Waals surface area contributed by atoms with Crippen molar-refractivity contribution in [3.63, 3.8) is 0 Å². The van der Waals surface area contributed by atoms with E-state index in [1.807, 2.05) is 13.0 Å². The molecular weight excluding hydrogens is 347 g/mol. The smallest absolute Gasteiger partial charge is 0.253 e. The standard InChI is InChI=1S/C17H14Cl2N4O/c1-11(12-2-4-14(18)15(19)8-12)22-17(24)13-3-5-16(21-9-13)23-7-6-20-10-23/h2-11H,1H3,(H,22,24). The number of pyridine rings is 1. The highest BCUT2D eigenvalue weighted by atomic mass is 35.5. The van der Waals surface area contributed by atoms with Gasteiger partial charge in [0.1, 0.15) is 12.1 Å². The van der Waals surface area contributed by atoms with Crippen molar-refractivity contribution < 1.29 is 4.79 Å². The number of hydrogen-bond donors (Lipinski definition) is 1. The molecule has 0 spiro atoms. The van der Waals surface area contributed by atoms with Gasteiger partial charge in [-0.15, -0.1) is 0 Å². The van der Waals surface area contributed by atoms with Gasteiger partial charge >= 0.3 is 0 Å². The van der Waals surface area contributed by atoms with E-state index in [0.717, 1.165) is 5.56 Å². The Morgan fingerprint density at radius 3 is 2.67 bits per heavy atom. The molecule has 2 heterocycles. The van der Waals surface area contributed by atoms with Crippen molar-refractivity contribution in [1.29, 1.82) is 0 Å². The first-order chi connectivity index (χ1) is 11.5. The topological polar surface area (TPSA) is 59.8 Å². The molecule has 0 saturated carbocycles. The minimum Gasteiger partial charge on any atom is -0.345 e. The van der Waals surface area contributed by atoms with E-state index in [-0.39, 0.29) is 11.9 Å². The Morgan fingerprint density at radius 1 is 1.21 bits per heavy atom. The molecule has 0 aliphatic rings. The lowest BCUT2D eigenvalue weighted by atomic mass is 10.1. The zero-order chi connectivity index (χ0) is 17.1. The first-order valence-corrected chi connectivity index (χ1v) is 8.00. The average Bonchev–Trinajstić information content (AvgIpc) is 3.12. The van der Waals surface area contributed by atoms with Gasteiger partial charge < -0.3 is 5.32 Å². The van der Waals surface area contributed by atoms with E-state index >= 15 is 0 Å². The maximum absolute atomic E-state index is 12.3. The highest BCUT2D eigenvalue weighted by Gasteiger charge is 2.13. The molecule has 0 fully saturated rings. The van der Waals surface area contributed by atoms with Crippen LogP contribution in [0.2, 0.25) is 10.0 Å². The Kier molecular flexibility index (Phi) is 4.83. The van der Waals surface area contributed by atoms with Crippen LogP contribution in [0.5, 0.6) is 0 Å². The Morgan fingerprint density at radius 2 is 2.04 bits per heavy atom. The van der Waals surface area contributed by atoms with Crippen molar-refractivity contribution in [2.75, 3.05) is 0 Å². The zero-order valence-corrected chi connectivity index (χ0v) is 14.3. The molecule has 3 aromatic rings. The first kappa shape index (κ1) is 16.5. The van der Waals surface area contributed by atoms with Gasteiger partial charge in [-0.05, 0) is 36.8 Å². The van der Waals surface area contributed by atoms with Gasteiger partial charge in [-0.1, -0.05) is 29.3 Å². The van der Waals surface area contributed by atoms with Crippen molar-refractivity contribution in [3.8, 4) is 5.82 Å². The highest BCUT2D eigenvalue weighted by molar-refractivity contribution is 6.42. The first-order valence-electron chi connectivity index (χ1n) is 7.25. The van der Waals surface area contributed by atoms with Crippen LogP contribution in [0, 0.1) is 0 Å². The molecular formula is C17H14Cl2N4O. The van der Waals surface area contributed by atoms with Gasteiger partial charge in [-0.2, -0.15) is 0 Å². The van der Waals surface area contributed by atoms with E-state index in [4.69, 9.17) is 23.2 Å². The van der Waals surface area contributed by atoms with Crippen LogP contribution in [0.1, 0.15) is 28.9 Å². The van der Waals surface area contributed by atoms with Crippen molar-refractivity contribution in [3.05, 3.63) is 76.4 Å². The minimum atomic E-state index is -0.210. The molecule has 1 aromatic carbocycles. The van der Waals surface area contributed by atoms with Crippen LogP contribution in [-0.2, 0) is 0 Å². The summed E-state index contributed by atoms with van der Waals surface area (Å²) in [7, 11) is 0. The predicted molar refractivity (Wildman–Crippen MR) is 93.7 cm³/mol. The van der Waals surface area contributed by atoms with E-state index in [0.29, 0.717) is 21.4 Å². The number of nitrogens with one attached hydrogen (secondary N) is 1. The summed E-state index contributed by atoms with van der Waals surface area (Å²) in [6.45, 7) is 1.88. The molecule has 0 saturated heterocycles. The van der Waals surface area contributed by atoms with Crippen LogP contribution in [-0.4, -0.2) is 20.4 Å². The number of amides is 1. The number of nitrogens with zero attached hydrogens (tertiary/aromatic N) is 3. The largest absolute Gasteiger partial charge is 0.345 e. The lowest BCUT2D eigenvalue weighted by Gasteiger charge is -2.15. The summed E-state index contributed by atoms with van der Waals surface area (Å²) in [5.74, 6) is 0.486. The Hall–Kier alpha value is -2.37. The van der Waals surface area contributed by atoms with Crippen molar-refractivity contribution >= 4 is 29.1 Å². The van der Waals surface area contributed by atoms with Crippen molar-refractivity contribution in [1.82, 2.24) is 19.9 Å². The van der Waals surface area contributed by atoms with Gasteiger partial charge in [0.2, 0.25) is 0 Å². The quantitative estimate of drug-likeness (QED) is 0.762. The molecule has 0 aliphatic heterocycles. The molecule has 24 heavy (non-hydrogen) atoms. The fourth-order valence-electron chi connectivity index (χ4n) is 2.21. The normalized spacial score (nSPS) is 12.0. The third-order valence-electron chi connectivity index (χ3n) is 3.57. The highest BCUT2D eigenvalue weighted by Crippen LogP contribution is 2.25. The van der Waals surface area contributed by atoms with Crippen molar-refractivity contribution in [2.24, 2.45) is 0 Å².